The zero-order valence-corrected chi connectivity index (χ0v) is 11.3. The molecule has 0 amide bonds. The summed E-state index contributed by atoms with van der Waals surface area (Å²) < 4.78 is 29.6. The molecule has 0 atom stereocenters. The van der Waals surface area contributed by atoms with Gasteiger partial charge in [0, 0.05) is 3.57 Å². The zero-order chi connectivity index (χ0) is 11.6. The molecule has 1 aromatic rings. The van der Waals surface area contributed by atoms with E-state index in [1.54, 1.807) is 6.07 Å². The molecular formula is C9H6BrF2IO2. The number of halogens is 4. The van der Waals surface area contributed by atoms with E-state index < -0.39 is 6.61 Å². The predicted molar refractivity (Wildman–Crippen MR) is 63.5 cm³/mol. The highest BCUT2D eigenvalue weighted by atomic mass is 127. The lowest BCUT2D eigenvalue weighted by molar-refractivity contribution is -0.0506. The van der Waals surface area contributed by atoms with Crippen molar-refractivity contribution < 1.29 is 18.3 Å². The molecule has 0 radical (unpaired) electrons. The first-order valence-corrected chi connectivity index (χ1v) is 5.73. The number of ether oxygens (including phenoxy) is 1. The molecular weight excluding hydrogens is 385 g/mol. The molecule has 82 valence electrons. The molecule has 0 N–H and O–H groups in total. The van der Waals surface area contributed by atoms with Crippen LogP contribution in [0.2, 0.25) is 0 Å². The van der Waals surface area contributed by atoms with Crippen LogP contribution in [0.25, 0.3) is 0 Å². The first-order valence-electron chi connectivity index (χ1n) is 3.86. The van der Waals surface area contributed by atoms with Crippen LogP contribution in [0.1, 0.15) is 17.3 Å². The number of Topliss-reactive ketones (excluding diaryl/α,β-unsaturated/α-hetero) is 1. The maximum Gasteiger partial charge on any atom is 0.387 e. The summed E-state index contributed by atoms with van der Waals surface area (Å²) in [4.78, 5) is 11.2. The van der Waals surface area contributed by atoms with Gasteiger partial charge in [0.25, 0.3) is 0 Å². The number of benzene rings is 1. The van der Waals surface area contributed by atoms with Crippen LogP contribution in [0.15, 0.2) is 16.6 Å². The predicted octanol–water partition coefficient (Wildman–Crippen LogP) is 3.86. The molecule has 0 aliphatic heterocycles. The van der Waals surface area contributed by atoms with Crippen molar-refractivity contribution in [3.63, 3.8) is 0 Å². The van der Waals surface area contributed by atoms with E-state index >= 15 is 0 Å². The van der Waals surface area contributed by atoms with Crippen molar-refractivity contribution in [2.45, 2.75) is 13.5 Å². The Morgan fingerprint density at radius 1 is 1.53 bits per heavy atom. The van der Waals surface area contributed by atoms with Crippen LogP contribution < -0.4 is 4.74 Å². The van der Waals surface area contributed by atoms with Gasteiger partial charge in [0.2, 0.25) is 0 Å². The van der Waals surface area contributed by atoms with Gasteiger partial charge in [-0.3, -0.25) is 4.79 Å². The quantitative estimate of drug-likeness (QED) is 0.578. The second-order valence-corrected chi connectivity index (χ2v) is 4.80. The fourth-order valence-corrected chi connectivity index (χ4v) is 2.64. The van der Waals surface area contributed by atoms with Crippen molar-refractivity contribution in [1.82, 2.24) is 0 Å². The maximum atomic E-state index is 12.1. The summed E-state index contributed by atoms with van der Waals surface area (Å²) in [7, 11) is 0. The Labute approximate surface area is 107 Å². The molecule has 15 heavy (non-hydrogen) atoms. The first kappa shape index (κ1) is 12.8. The number of rotatable bonds is 3. The number of carbonyl (C=O) groups is 1. The lowest BCUT2D eigenvalue weighted by atomic mass is 10.1. The monoisotopic (exact) mass is 390 g/mol. The highest BCUT2D eigenvalue weighted by molar-refractivity contribution is 14.1. The van der Waals surface area contributed by atoms with Crippen molar-refractivity contribution >= 4 is 44.3 Å². The number of hydrogen-bond donors (Lipinski definition) is 0. The van der Waals surface area contributed by atoms with E-state index in [1.165, 1.54) is 13.0 Å². The van der Waals surface area contributed by atoms with Gasteiger partial charge in [0.05, 0.1) is 10.0 Å². The summed E-state index contributed by atoms with van der Waals surface area (Å²) in [5.74, 6) is -0.428. The average molecular weight is 391 g/mol. The summed E-state index contributed by atoms with van der Waals surface area (Å²) >= 11 is 5.07. The molecule has 0 aromatic heterocycles. The number of carbonyl (C=O) groups excluding carboxylic acids is 1. The third-order valence-corrected chi connectivity index (χ3v) is 2.81. The summed E-state index contributed by atoms with van der Waals surface area (Å²) in [6.45, 7) is -1.64. The summed E-state index contributed by atoms with van der Waals surface area (Å²) in [5.41, 5.74) is 0.147. The molecule has 0 saturated carbocycles. The summed E-state index contributed by atoms with van der Waals surface area (Å²) in [6.07, 6.45) is 0. The highest BCUT2D eigenvalue weighted by Gasteiger charge is 2.17. The standard InChI is InChI=1S/C9H6BrF2IO2/c1-4(14)6-2-5(13)3-7(10)8(6)15-9(11)12/h2-3,9H,1H3. The average Bonchev–Trinajstić information content (AvgIpc) is 2.08. The van der Waals surface area contributed by atoms with Gasteiger partial charge in [-0.05, 0) is 57.6 Å². The SMILES string of the molecule is CC(=O)c1cc(I)cc(Br)c1OC(F)F. The maximum absolute atomic E-state index is 12.1. The lowest BCUT2D eigenvalue weighted by Crippen LogP contribution is -2.07. The van der Waals surface area contributed by atoms with Gasteiger partial charge < -0.3 is 4.74 Å². The molecule has 0 fully saturated rings. The van der Waals surface area contributed by atoms with Gasteiger partial charge in [-0.25, -0.2) is 0 Å². The van der Waals surface area contributed by atoms with E-state index in [2.05, 4.69) is 20.7 Å². The van der Waals surface area contributed by atoms with Crippen LogP contribution in [0.3, 0.4) is 0 Å². The second kappa shape index (κ2) is 5.20. The van der Waals surface area contributed by atoms with Crippen molar-refractivity contribution in [2.75, 3.05) is 0 Å². The molecule has 1 aromatic carbocycles. The smallest absolute Gasteiger partial charge is 0.387 e. The molecule has 0 unspecified atom stereocenters. The van der Waals surface area contributed by atoms with Gasteiger partial charge in [-0.1, -0.05) is 0 Å². The molecule has 0 bridgehead atoms. The Morgan fingerprint density at radius 2 is 2.13 bits per heavy atom. The topological polar surface area (TPSA) is 26.3 Å². The van der Waals surface area contributed by atoms with Crippen molar-refractivity contribution in [3.05, 3.63) is 25.7 Å². The molecule has 1 rings (SSSR count). The van der Waals surface area contributed by atoms with Crippen LogP contribution in [-0.2, 0) is 0 Å². The van der Waals surface area contributed by atoms with Crippen molar-refractivity contribution in [1.29, 1.82) is 0 Å². The van der Waals surface area contributed by atoms with E-state index in [-0.39, 0.29) is 17.1 Å². The second-order valence-electron chi connectivity index (χ2n) is 2.70. The molecule has 0 spiro atoms. The van der Waals surface area contributed by atoms with Gasteiger partial charge in [-0.15, -0.1) is 0 Å². The van der Waals surface area contributed by atoms with E-state index in [0.29, 0.717) is 4.47 Å². The van der Waals surface area contributed by atoms with Crippen LogP contribution in [0.4, 0.5) is 8.78 Å². The normalized spacial score (nSPS) is 10.5. The number of hydrogen-bond acceptors (Lipinski definition) is 2. The van der Waals surface area contributed by atoms with E-state index in [9.17, 15) is 13.6 Å². The third-order valence-electron chi connectivity index (χ3n) is 1.59. The van der Waals surface area contributed by atoms with Gasteiger partial charge in [-0.2, -0.15) is 8.78 Å². The number of alkyl halides is 2. The zero-order valence-electron chi connectivity index (χ0n) is 7.56. The third kappa shape index (κ3) is 3.37. The molecule has 0 heterocycles. The minimum Gasteiger partial charge on any atom is -0.433 e. The van der Waals surface area contributed by atoms with Crippen molar-refractivity contribution in [2.24, 2.45) is 0 Å². The van der Waals surface area contributed by atoms with E-state index in [1.807, 2.05) is 22.6 Å². The Bertz CT molecular complexity index is 396. The van der Waals surface area contributed by atoms with Crippen molar-refractivity contribution in [3.8, 4) is 5.75 Å². The van der Waals surface area contributed by atoms with Crippen LogP contribution in [-0.4, -0.2) is 12.4 Å². The summed E-state index contributed by atoms with van der Waals surface area (Å²) in [5, 5.41) is 0. The fraction of sp³-hybridized carbons (Fsp3) is 0.222. The Balaban J connectivity index is 3.27. The minimum absolute atomic E-state index is 0.113. The van der Waals surface area contributed by atoms with Gasteiger partial charge in [0.1, 0.15) is 0 Å². The molecule has 0 saturated heterocycles. The largest absolute Gasteiger partial charge is 0.433 e. The van der Waals surface area contributed by atoms with Gasteiger partial charge >= 0.3 is 6.61 Å². The van der Waals surface area contributed by atoms with Crippen LogP contribution in [0, 0.1) is 3.57 Å². The fourth-order valence-electron chi connectivity index (χ4n) is 1.03. The molecule has 6 heteroatoms. The molecule has 0 aliphatic rings. The Kier molecular flexibility index (Phi) is 4.45. The Morgan fingerprint density at radius 3 is 2.60 bits per heavy atom. The van der Waals surface area contributed by atoms with Gasteiger partial charge in [0.15, 0.2) is 11.5 Å². The highest BCUT2D eigenvalue weighted by Crippen LogP contribution is 2.32. The van der Waals surface area contributed by atoms with Crippen LogP contribution in [0.5, 0.6) is 5.75 Å². The lowest BCUT2D eigenvalue weighted by Gasteiger charge is -2.11. The van der Waals surface area contributed by atoms with E-state index in [4.69, 9.17) is 0 Å². The molecule has 0 aliphatic carbocycles. The first-order chi connectivity index (χ1) is 6.91. The van der Waals surface area contributed by atoms with Crippen LogP contribution >= 0.6 is 38.5 Å². The Hall–Kier alpha value is -0.240. The summed E-state index contributed by atoms with van der Waals surface area (Å²) in [6, 6.07) is 3.11. The molecule has 2 nitrogen and oxygen atoms in total. The number of ketones is 1. The minimum atomic E-state index is -2.94. The van der Waals surface area contributed by atoms with E-state index in [0.717, 1.165) is 3.57 Å².